The van der Waals surface area contributed by atoms with Crippen LogP contribution in [-0.2, 0) is 10.0 Å². The quantitative estimate of drug-likeness (QED) is 0.673. The van der Waals surface area contributed by atoms with Crippen molar-refractivity contribution in [3.8, 4) is 16.3 Å². The number of sulfonamides is 1. The molecule has 0 saturated carbocycles. The van der Waals surface area contributed by atoms with Crippen LogP contribution in [0.3, 0.4) is 0 Å². The van der Waals surface area contributed by atoms with E-state index in [0.717, 1.165) is 35.0 Å². The SMILES string of the molecule is COc1cccc(-c2nn3c(C4CCCN(S(C)(=O)=O)C4)nnc3s2)c1. The molecule has 3 heterocycles. The second kappa shape index (κ2) is 6.60. The Morgan fingerprint density at radius 3 is 2.92 bits per heavy atom. The topological polar surface area (TPSA) is 89.7 Å². The number of rotatable bonds is 4. The average Bonchev–Trinajstić information content (AvgIpc) is 3.22. The van der Waals surface area contributed by atoms with Gasteiger partial charge in [-0.2, -0.15) is 9.61 Å². The summed E-state index contributed by atoms with van der Waals surface area (Å²) in [5.74, 6) is 1.48. The predicted octanol–water partition coefficient (Wildman–Crippen LogP) is 2.00. The Bertz CT molecular complexity index is 1040. The first-order valence-electron chi connectivity index (χ1n) is 8.27. The number of ether oxygens (including phenoxy) is 1. The maximum atomic E-state index is 11.9. The zero-order chi connectivity index (χ0) is 18.3. The number of aromatic nitrogens is 4. The summed E-state index contributed by atoms with van der Waals surface area (Å²) < 4.78 is 32.3. The number of hydrogen-bond donors (Lipinski definition) is 0. The van der Waals surface area contributed by atoms with Crippen LogP contribution in [-0.4, -0.2) is 59.0 Å². The molecule has 1 atom stereocenters. The van der Waals surface area contributed by atoms with Crippen molar-refractivity contribution in [3.05, 3.63) is 30.1 Å². The van der Waals surface area contributed by atoms with Crippen molar-refractivity contribution in [2.24, 2.45) is 0 Å². The van der Waals surface area contributed by atoms with Crippen LogP contribution >= 0.6 is 11.3 Å². The number of nitrogens with zero attached hydrogens (tertiary/aromatic N) is 5. The Morgan fingerprint density at radius 2 is 2.15 bits per heavy atom. The van der Waals surface area contributed by atoms with Gasteiger partial charge in [-0.05, 0) is 25.0 Å². The molecule has 0 N–H and O–H groups in total. The van der Waals surface area contributed by atoms with E-state index in [4.69, 9.17) is 4.74 Å². The van der Waals surface area contributed by atoms with Gasteiger partial charge in [0.25, 0.3) is 0 Å². The molecule has 0 bridgehead atoms. The maximum Gasteiger partial charge on any atom is 0.234 e. The zero-order valence-corrected chi connectivity index (χ0v) is 16.1. The van der Waals surface area contributed by atoms with E-state index in [1.165, 1.54) is 21.9 Å². The van der Waals surface area contributed by atoms with Gasteiger partial charge in [0.15, 0.2) is 5.82 Å². The fourth-order valence-electron chi connectivity index (χ4n) is 3.21. The standard InChI is InChI=1S/C16H19N5O3S2/c1-24-13-7-3-5-11(9-13)15-19-21-14(17-18-16(21)25-15)12-6-4-8-20(10-12)26(2,22)23/h3,5,7,9,12H,4,6,8,10H2,1-2H3. The summed E-state index contributed by atoms with van der Waals surface area (Å²) in [6.07, 6.45) is 2.93. The van der Waals surface area contributed by atoms with Crippen LogP contribution < -0.4 is 4.74 Å². The molecule has 1 saturated heterocycles. The van der Waals surface area contributed by atoms with Crippen LogP contribution in [0, 0.1) is 0 Å². The van der Waals surface area contributed by atoms with E-state index in [9.17, 15) is 8.42 Å². The van der Waals surface area contributed by atoms with Gasteiger partial charge in [-0.15, -0.1) is 10.2 Å². The lowest BCUT2D eigenvalue weighted by atomic mass is 9.99. The molecule has 0 aliphatic carbocycles. The molecule has 2 aromatic heterocycles. The maximum absolute atomic E-state index is 11.9. The third-order valence-corrected chi connectivity index (χ3v) is 6.77. The molecule has 1 fully saturated rings. The molecule has 10 heteroatoms. The highest BCUT2D eigenvalue weighted by molar-refractivity contribution is 7.88. The molecule has 4 rings (SSSR count). The van der Waals surface area contributed by atoms with E-state index in [1.54, 1.807) is 11.6 Å². The minimum Gasteiger partial charge on any atom is -0.497 e. The summed E-state index contributed by atoms with van der Waals surface area (Å²) in [4.78, 5) is 0.703. The van der Waals surface area contributed by atoms with Crippen LogP contribution in [0.15, 0.2) is 24.3 Å². The first-order chi connectivity index (χ1) is 12.5. The Hall–Kier alpha value is -2.04. The fraction of sp³-hybridized carbons (Fsp3) is 0.438. The number of benzene rings is 1. The monoisotopic (exact) mass is 393 g/mol. The van der Waals surface area contributed by atoms with E-state index in [-0.39, 0.29) is 5.92 Å². The second-order valence-electron chi connectivity index (χ2n) is 6.35. The van der Waals surface area contributed by atoms with Crippen molar-refractivity contribution >= 4 is 26.3 Å². The number of methoxy groups -OCH3 is 1. The van der Waals surface area contributed by atoms with Crippen molar-refractivity contribution in [2.75, 3.05) is 26.5 Å². The van der Waals surface area contributed by atoms with Crippen LogP contribution in [0.1, 0.15) is 24.6 Å². The molecule has 26 heavy (non-hydrogen) atoms. The summed E-state index contributed by atoms with van der Waals surface area (Å²) in [6.45, 7) is 0.981. The second-order valence-corrected chi connectivity index (χ2v) is 9.29. The Labute approximate surface area is 155 Å². The predicted molar refractivity (Wildman–Crippen MR) is 99.0 cm³/mol. The Balaban J connectivity index is 1.68. The van der Waals surface area contributed by atoms with Gasteiger partial charge in [0.05, 0.1) is 13.4 Å². The summed E-state index contributed by atoms with van der Waals surface area (Å²) in [5, 5.41) is 14.0. The highest BCUT2D eigenvalue weighted by atomic mass is 32.2. The summed E-state index contributed by atoms with van der Waals surface area (Å²) in [7, 11) is -1.57. The van der Waals surface area contributed by atoms with E-state index in [0.29, 0.717) is 18.1 Å². The summed E-state index contributed by atoms with van der Waals surface area (Å²) >= 11 is 1.45. The van der Waals surface area contributed by atoms with E-state index >= 15 is 0 Å². The van der Waals surface area contributed by atoms with Gasteiger partial charge >= 0.3 is 0 Å². The number of fused-ring (bicyclic) bond motifs is 1. The molecule has 8 nitrogen and oxygen atoms in total. The fourth-order valence-corrected chi connectivity index (χ4v) is 4.97. The van der Waals surface area contributed by atoms with E-state index < -0.39 is 10.0 Å². The van der Waals surface area contributed by atoms with Crippen LogP contribution in [0.5, 0.6) is 5.75 Å². The lowest BCUT2D eigenvalue weighted by Gasteiger charge is -2.29. The van der Waals surface area contributed by atoms with Crippen LogP contribution in [0.25, 0.3) is 15.5 Å². The normalized spacial score (nSPS) is 19.1. The van der Waals surface area contributed by atoms with Crippen LogP contribution in [0.2, 0.25) is 0 Å². The lowest BCUT2D eigenvalue weighted by Crippen LogP contribution is -2.38. The Morgan fingerprint density at radius 1 is 1.31 bits per heavy atom. The third-order valence-electron chi connectivity index (χ3n) is 4.55. The van der Waals surface area contributed by atoms with Gasteiger partial charge < -0.3 is 4.74 Å². The highest BCUT2D eigenvalue weighted by Crippen LogP contribution is 2.31. The molecule has 0 radical (unpaired) electrons. The molecule has 0 amide bonds. The van der Waals surface area contributed by atoms with Gasteiger partial charge in [0.2, 0.25) is 15.0 Å². The summed E-state index contributed by atoms with van der Waals surface area (Å²) in [5.41, 5.74) is 0.951. The molecule has 0 spiro atoms. The van der Waals surface area contributed by atoms with Crippen molar-refractivity contribution in [3.63, 3.8) is 0 Å². The number of piperidine rings is 1. The minimum absolute atomic E-state index is 0.00580. The largest absolute Gasteiger partial charge is 0.497 e. The Kier molecular flexibility index (Phi) is 4.41. The minimum atomic E-state index is -3.20. The van der Waals surface area contributed by atoms with Crippen LogP contribution in [0.4, 0.5) is 0 Å². The average molecular weight is 393 g/mol. The van der Waals surface area contributed by atoms with Crippen molar-refractivity contribution < 1.29 is 13.2 Å². The first kappa shape index (κ1) is 17.4. The molecule has 1 aliphatic heterocycles. The molecular formula is C16H19N5O3S2. The molecule has 1 unspecified atom stereocenters. The van der Waals surface area contributed by atoms with Crippen molar-refractivity contribution in [1.82, 2.24) is 24.1 Å². The molecular weight excluding hydrogens is 374 g/mol. The van der Waals surface area contributed by atoms with E-state index in [2.05, 4.69) is 15.3 Å². The smallest absolute Gasteiger partial charge is 0.234 e. The van der Waals surface area contributed by atoms with Gasteiger partial charge in [0.1, 0.15) is 10.8 Å². The highest BCUT2D eigenvalue weighted by Gasteiger charge is 2.30. The zero-order valence-electron chi connectivity index (χ0n) is 14.5. The van der Waals surface area contributed by atoms with Gasteiger partial charge in [-0.25, -0.2) is 12.7 Å². The summed E-state index contributed by atoms with van der Waals surface area (Å²) in [6, 6.07) is 7.71. The van der Waals surface area contributed by atoms with Gasteiger partial charge in [-0.1, -0.05) is 23.5 Å². The molecule has 1 aromatic carbocycles. The number of hydrogen-bond acceptors (Lipinski definition) is 7. The molecule has 138 valence electrons. The van der Waals surface area contributed by atoms with Gasteiger partial charge in [-0.3, -0.25) is 0 Å². The first-order valence-corrected chi connectivity index (χ1v) is 10.9. The molecule has 1 aliphatic rings. The van der Waals surface area contributed by atoms with Crippen molar-refractivity contribution in [1.29, 1.82) is 0 Å². The van der Waals surface area contributed by atoms with Crippen molar-refractivity contribution in [2.45, 2.75) is 18.8 Å². The third kappa shape index (κ3) is 3.19. The van der Waals surface area contributed by atoms with E-state index in [1.807, 2.05) is 24.3 Å². The lowest BCUT2D eigenvalue weighted by molar-refractivity contribution is 0.309. The van der Waals surface area contributed by atoms with Gasteiger partial charge in [0, 0.05) is 24.6 Å². The molecule has 3 aromatic rings.